The van der Waals surface area contributed by atoms with Gasteiger partial charge in [0.25, 0.3) is 0 Å². The lowest BCUT2D eigenvalue weighted by Gasteiger charge is -2.72. The Labute approximate surface area is 213 Å². The van der Waals surface area contributed by atoms with Crippen LogP contribution in [-0.4, -0.2) is 35.5 Å². The molecule has 0 saturated heterocycles. The molecule has 2 N–H and O–H groups in total. The predicted octanol–water partition coefficient (Wildman–Crippen LogP) is 6.71. The minimum absolute atomic E-state index is 0.0112. The topological polar surface area (TPSA) is 66.8 Å². The van der Waals surface area contributed by atoms with Crippen molar-refractivity contribution >= 4 is 5.97 Å². The summed E-state index contributed by atoms with van der Waals surface area (Å²) in [7, 11) is 1.84. The van der Waals surface area contributed by atoms with Gasteiger partial charge in [0.2, 0.25) is 0 Å². The van der Waals surface area contributed by atoms with E-state index < -0.39 is 11.4 Å². The lowest BCUT2D eigenvalue weighted by Crippen LogP contribution is -2.68. The maximum Gasteiger partial charge on any atom is 0.310 e. The fourth-order valence-corrected chi connectivity index (χ4v) is 11.1. The Morgan fingerprint density at radius 2 is 1.69 bits per heavy atom. The zero-order valence-electron chi connectivity index (χ0n) is 23.5. The van der Waals surface area contributed by atoms with Crippen molar-refractivity contribution in [3.8, 4) is 0 Å². The zero-order valence-corrected chi connectivity index (χ0v) is 23.5. The average molecular weight is 487 g/mol. The predicted molar refractivity (Wildman–Crippen MR) is 139 cm³/mol. The number of aliphatic hydroxyl groups is 1. The van der Waals surface area contributed by atoms with E-state index in [1.807, 2.05) is 7.11 Å². The normalized spacial score (nSPS) is 55.0. The van der Waals surface area contributed by atoms with E-state index in [-0.39, 0.29) is 39.8 Å². The van der Waals surface area contributed by atoms with Crippen molar-refractivity contribution < 1.29 is 19.7 Å². The van der Waals surface area contributed by atoms with Gasteiger partial charge in [-0.05, 0) is 90.8 Å². The number of hydrogen-bond acceptors (Lipinski definition) is 3. The molecule has 4 fully saturated rings. The standard InChI is InChI=1S/C31H50O4/c1-18-11-14-31(26(33)34)16-15-28(5)20(25(31)19(18)2)9-10-22-29(28,6)13-12-21-27(3,4)23(32)17-24(35-8)30(21,22)7/h9,18-19,21-25,32H,10-17H2,1-8H3,(H,33,34)/t18-,19+,21+,22+,23-,24?,25+,28-,29-,30+,31+/m1/s1. The van der Waals surface area contributed by atoms with E-state index in [1.54, 1.807) is 0 Å². The van der Waals surface area contributed by atoms with Crippen molar-refractivity contribution in [2.75, 3.05) is 7.11 Å². The Kier molecular flexibility index (Phi) is 5.76. The number of fused-ring (bicyclic) bond motifs is 7. The fraction of sp³-hybridized carbons (Fsp3) is 0.903. The van der Waals surface area contributed by atoms with Gasteiger partial charge in [-0.3, -0.25) is 4.79 Å². The van der Waals surface area contributed by atoms with Crippen LogP contribution in [0.25, 0.3) is 0 Å². The van der Waals surface area contributed by atoms with Crippen molar-refractivity contribution in [3.63, 3.8) is 0 Å². The summed E-state index contributed by atoms with van der Waals surface area (Å²) < 4.78 is 6.20. The first-order chi connectivity index (χ1) is 16.2. The molecular formula is C31H50O4. The number of aliphatic carboxylic acids is 1. The number of carboxylic acid groups (broad SMARTS) is 1. The van der Waals surface area contributed by atoms with Gasteiger partial charge >= 0.3 is 5.97 Å². The summed E-state index contributed by atoms with van der Waals surface area (Å²) in [6.45, 7) is 16.7. The van der Waals surface area contributed by atoms with E-state index in [9.17, 15) is 15.0 Å². The number of allylic oxidation sites excluding steroid dienone is 2. The molecule has 4 saturated carbocycles. The molecule has 4 heteroatoms. The Hall–Kier alpha value is -0.870. The van der Waals surface area contributed by atoms with Gasteiger partial charge in [0.1, 0.15) is 0 Å². The molecule has 5 aliphatic carbocycles. The highest BCUT2D eigenvalue weighted by Gasteiger charge is 2.71. The van der Waals surface area contributed by atoms with E-state index in [0.717, 1.165) is 44.9 Å². The van der Waals surface area contributed by atoms with Gasteiger partial charge in [-0.15, -0.1) is 0 Å². The minimum atomic E-state index is -0.590. The average Bonchev–Trinajstić information content (AvgIpc) is 2.79. The second-order valence-corrected chi connectivity index (χ2v) is 14.8. The van der Waals surface area contributed by atoms with Crippen LogP contribution in [0.15, 0.2) is 11.6 Å². The van der Waals surface area contributed by atoms with Gasteiger partial charge in [0, 0.05) is 18.9 Å². The Morgan fingerprint density at radius 3 is 2.31 bits per heavy atom. The molecule has 5 rings (SSSR count). The molecule has 0 aliphatic heterocycles. The number of ether oxygens (including phenoxy) is 1. The summed E-state index contributed by atoms with van der Waals surface area (Å²) in [5.74, 6) is 1.42. The Morgan fingerprint density at radius 1 is 1.00 bits per heavy atom. The van der Waals surface area contributed by atoms with Crippen LogP contribution in [0.4, 0.5) is 0 Å². The lowest BCUT2D eigenvalue weighted by atomic mass is 9.33. The molecule has 0 bridgehead atoms. The number of rotatable bonds is 2. The third-order valence-electron chi connectivity index (χ3n) is 13.8. The van der Waals surface area contributed by atoms with E-state index in [1.165, 1.54) is 5.57 Å². The molecule has 0 heterocycles. The monoisotopic (exact) mass is 486 g/mol. The minimum Gasteiger partial charge on any atom is -0.481 e. The molecule has 0 aromatic carbocycles. The van der Waals surface area contributed by atoms with Gasteiger partial charge in [-0.25, -0.2) is 0 Å². The van der Waals surface area contributed by atoms with Crippen molar-refractivity contribution in [2.24, 2.45) is 56.7 Å². The van der Waals surface area contributed by atoms with E-state index in [2.05, 4.69) is 54.5 Å². The SMILES string of the molecule is COC1C[C@@H](O)C(C)(C)[C@@H]2CC[C@]3(C)[C@H](CC=C4[C@@H]5[C@@H](C)[C@H](C)CC[C@]5(C(=O)O)CC[C@]43C)[C@@]12C. The molecule has 35 heavy (non-hydrogen) atoms. The summed E-state index contributed by atoms with van der Waals surface area (Å²) >= 11 is 0. The summed E-state index contributed by atoms with van der Waals surface area (Å²) in [5.41, 5.74) is 0.861. The van der Waals surface area contributed by atoms with Crippen LogP contribution in [0.3, 0.4) is 0 Å². The van der Waals surface area contributed by atoms with Crippen molar-refractivity contribution in [1.29, 1.82) is 0 Å². The van der Waals surface area contributed by atoms with Crippen LogP contribution in [0.1, 0.15) is 99.8 Å². The lowest BCUT2D eigenvalue weighted by molar-refractivity contribution is -0.249. The first kappa shape index (κ1) is 25.8. The van der Waals surface area contributed by atoms with Crippen LogP contribution in [-0.2, 0) is 9.53 Å². The highest BCUT2D eigenvalue weighted by Crippen LogP contribution is 2.75. The summed E-state index contributed by atoms with van der Waals surface area (Å²) in [5, 5.41) is 21.7. The van der Waals surface area contributed by atoms with E-state index in [4.69, 9.17) is 4.74 Å². The van der Waals surface area contributed by atoms with E-state index in [0.29, 0.717) is 30.1 Å². The van der Waals surface area contributed by atoms with Gasteiger partial charge in [0.05, 0.1) is 17.6 Å². The molecule has 198 valence electrons. The Balaban J connectivity index is 1.64. The molecule has 5 aliphatic rings. The van der Waals surface area contributed by atoms with Crippen LogP contribution in [0, 0.1) is 56.7 Å². The molecule has 11 atom stereocenters. The van der Waals surface area contributed by atoms with Gasteiger partial charge in [-0.2, -0.15) is 0 Å². The second-order valence-electron chi connectivity index (χ2n) is 14.8. The molecule has 0 radical (unpaired) electrons. The first-order valence-electron chi connectivity index (χ1n) is 14.4. The smallest absolute Gasteiger partial charge is 0.310 e. The molecule has 0 amide bonds. The van der Waals surface area contributed by atoms with Crippen LogP contribution >= 0.6 is 0 Å². The van der Waals surface area contributed by atoms with Crippen LogP contribution < -0.4 is 0 Å². The van der Waals surface area contributed by atoms with Crippen molar-refractivity contribution in [3.05, 3.63) is 11.6 Å². The maximum atomic E-state index is 12.9. The number of aliphatic hydroxyl groups excluding tert-OH is 1. The maximum absolute atomic E-state index is 12.9. The largest absolute Gasteiger partial charge is 0.481 e. The Bertz CT molecular complexity index is 923. The zero-order chi connectivity index (χ0) is 25.8. The number of methoxy groups -OCH3 is 1. The molecule has 0 aromatic rings. The first-order valence-corrected chi connectivity index (χ1v) is 14.4. The van der Waals surface area contributed by atoms with Crippen molar-refractivity contribution in [2.45, 2.75) is 112 Å². The van der Waals surface area contributed by atoms with Gasteiger partial charge in [-0.1, -0.05) is 60.1 Å². The number of carbonyl (C=O) groups is 1. The fourth-order valence-electron chi connectivity index (χ4n) is 11.1. The second kappa shape index (κ2) is 7.82. The summed E-state index contributed by atoms with van der Waals surface area (Å²) in [4.78, 5) is 12.9. The van der Waals surface area contributed by atoms with Crippen molar-refractivity contribution in [1.82, 2.24) is 0 Å². The molecule has 0 spiro atoms. The molecule has 4 nitrogen and oxygen atoms in total. The number of hydrogen-bond donors (Lipinski definition) is 2. The highest BCUT2D eigenvalue weighted by molar-refractivity contribution is 5.76. The molecule has 0 aromatic heterocycles. The third-order valence-corrected chi connectivity index (χ3v) is 13.8. The van der Waals surface area contributed by atoms with Gasteiger partial charge < -0.3 is 14.9 Å². The quantitative estimate of drug-likeness (QED) is 0.426. The number of carboxylic acids is 1. The summed E-state index contributed by atoms with van der Waals surface area (Å²) in [6.07, 6.45) is 9.84. The third kappa shape index (κ3) is 2.96. The van der Waals surface area contributed by atoms with E-state index >= 15 is 0 Å². The highest BCUT2D eigenvalue weighted by atomic mass is 16.5. The molecular weight excluding hydrogens is 436 g/mol. The van der Waals surface area contributed by atoms with Crippen LogP contribution in [0.5, 0.6) is 0 Å². The van der Waals surface area contributed by atoms with Crippen LogP contribution in [0.2, 0.25) is 0 Å². The van der Waals surface area contributed by atoms with Gasteiger partial charge in [0.15, 0.2) is 0 Å². The molecule has 1 unspecified atom stereocenters. The summed E-state index contributed by atoms with van der Waals surface area (Å²) in [6, 6.07) is 0.